The molecule has 2 fully saturated rings. The number of carboxylic acids is 1. The molecule has 460 valence electrons. The van der Waals surface area contributed by atoms with Gasteiger partial charge in [0.2, 0.25) is 23.6 Å². The standard InChI is InChI=1S/C30H41N7O10.C25H31ClN2O6.C3H8/c1-18(29(44)45)36(2)28(43)20-11-10-19(16-22(20)47-3)34-27(42)21(8-7-14-32-30(31)46)35-24(39)17-33-23(38)9-5-4-6-15-37-25(40)12-13-26(37)41;1-15-6-4-5-9-25(31)14-17(33-24(30)27-25)13-20-19(34-20)7-8-22(29)28(2)18-11-16(10-15)12-21(32-3)23(18)26;1-3-2/h10-13,16,18,21H,4-9,14-15,17H2,1-3H3,(H,33,38)(H,34,42)(H,35,39)(H,44,45)(H3,31,32,46);4-6,11-12,17,19-20,31H,7-10,13-14H2,1-3H3,(H,27,30);3H2,1-2H3/b;5-4+,15-6+;/t18-,21?;17?,19?,20-,25+;/m00./s1. The number of hydrogen-bond acceptors (Lipinski definition) is 15. The second-order valence-corrected chi connectivity index (χ2v) is 21.0. The maximum Gasteiger partial charge on any atom is 0.409 e. The van der Waals surface area contributed by atoms with Crippen LogP contribution in [0, 0.1) is 0 Å². The van der Waals surface area contributed by atoms with Gasteiger partial charge in [-0.05, 0) is 82.2 Å². The number of carboxylic acid groups (broad SMARTS) is 1. The number of nitrogens with zero attached hydrogens (tertiary/aromatic N) is 3. The lowest BCUT2D eigenvalue weighted by Gasteiger charge is -2.36. The average Bonchev–Trinajstić information content (AvgIpc) is 4.26. The Labute approximate surface area is 494 Å². The van der Waals surface area contributed by atoms with Crippen LogP contribution >= 0.6 is 11.6 Å². The van der Waals surface area contributed by atoms with E-state index >= 15 is 0 Å². The first-order valence-electron chi connectivity index (χ1n) is 27.8. The summed E-state index contributed by atoms with van der Waals surface area (Å²) in [7, 11) is 5.90. The fourth-order valence-corrected chi connectivity index (χ4v) is 9.29. The molecule has 0 aromatic heterocycles. The first kappa shape index (κ1) is 68.5. The number of epoxide rings is 1. The molecular formula is C58H80ClN9O16. The van der Waals surface area contributed by atoms with E-state index in [9.17, 15) is 58.2 Å². The summed E-state index contributed by atoms with van der Waals surface area (Å²) in [5.74, 6) is -3.70. The molecule has 2 aromatic carbocycles. The van der Waals surface area contributed by atoms with Crippen molar-refractivity contribution in [1.29, 1.82) is 0 Å². The van der Waals surface area contributed by atoms with E-state index in [1.807, 2.05) is 37.3 Å². The number of amides is 10. The number of carbonyl (C=O) groups excluding carboxylic acids is 9. The van der Waals surface area contributed by atoms with Crippen molar-refractivity contribution in [2.24, 2.45) is 5.73 Å². The number of likely N-dealkylation sites (N-methyl/N-ethyl adjacent to an activating group) is 1. The van der Waals surface area contributed by atoms with Crippen LogP contribution in [0.5, 0.6) is 11.5 Å². The molecule has 0 aliphatic carbocycles. The monoisotopic (exact) mass is 1190 g/mol. The summed E-state index contributed by atoms with van der Waals surface area (Å²) in [6.07, 6.45) is 12.6. The molecule has 84 heavy (non-hydrogen) atoms. The van der Waals surface area contributed by atoms with Gasteiger partial charge < -0.3 is 66.0 Å². The molecule has 0 radical (unpaired) electrons. The zero-order valence-corrected chi connectivity index (χ0v) is 49.6. The third-order valence-corrected chi connectivity index (χ3v) is 14.1. The number of unbranched alkanes of at least 4 members (excludes halogenated alkanes) is 2. The highest BCUT2D eigenvalue weighted by Crippen LogP contribution is 2.38. The molecule has 9 N–H and O–H groups in total. The van der Waals surface area contributed by atoms with Crippen LogP contribution in [0.25, 0.3) is 0 Å². The molecule has 3 unspecified atom stereocenters. The number of aliphatic carboxylic acids is 1. The number of hydrogen-bond donors (Lipinski definition) is 8. The van der Waals surface area contributed by atoms with Crippen LogP contribution in [0.4, 0.5) is 21.0 Å². The zero-order valence-electron chi connectivity index (χ0n) is 48.9. The number of imide groups is 1. The van der Waals surface area contributed by atoms with E-state index < -0.39 is 72.2 Å². The van der Waals surface area contributed by atoms with Gasteiger partial charge in [-0.2, -0.15) is 0 Å². The van der Waals surface area contributed by atoms with E-state index in [4.69, 9.17) is 36.3 Å². The average molecular weight is 1190 g/mol. The number of nitrogens with two attached hydrogens (primary N) is 1. The molecule has 4 heterocycles. The Bertz CT molecular complexity index is 2790. The van der Waals surface area contributed by atoms with Crippen LogP contribution in [-0.4, -0.2) is 164 Å². The van der Waals surface area contributed by atoms with Crippen LogP contribution in [0.1, 0.15) is 121 Å². The fourth-order valence-electron chi connectivity index (χ4n) is 8.97. The summed E-state index contributed by atoms with van der Waals surface area (Å²) in [5.41, 5.74) is 6.62. The Morgan fingerprint density at radius 1 is 0.952 bits per heavy atom. The number of methoxy groups -OCH3 is 2. The highest BCUT2D eigenvalue weighted by atomic mass is 35.5. The highest BCUT2D eigenvalue weighted by Gasteiger charge is 2.45. The molecule has 4 aliphatic heterocycles. The molecule has 26 heteroatoms. The van der Waals surface area contributed by atoms with Gasteiger partial charge in [-0.1, -0.05) is 62.1 Å². The number of benzene rings is 2. The van der Waals surface area contributed by atoms with E-state index in [2.05, 4.69) is 40.4 Å². The van der Waals surface area contributed by atoms with Gasteiger partial charge in [0.05, 0.1) is 44.2 Å². The maximum absolute atomic E-state index is 13.2. The lowest BCUT2D eigenvalue weighted by Crippen LogP contribution is -2.56. The van der Waals surface area contributed by atoms with E-state index in [-0.39, 0.29) is 92.1 Å². The largest absolute Gasteiger partial charge is 0.496 e. The van der Waals surface area contributed by atoms with Gasteiger partial charge in [-0.3, -0.25) is 43.8 Å². The van der Waals surface area contributed by atoms with Gasteiger partial charge in [-0.15, -0.1) is 0 Å². The van der Waals surface area contributed by atoms with Crippen molar-refractivity contribution in [3.63, 3.8) is 0 Å². The SMILES string of the molecule is CCC.COc1cc(NC(=O)C(CCCNC(N)=O)NC(=O)CNC(=O)CCCCCN2C(=O)C=CC2=O)ccc1C(=O)N(C)[C@@H](C)C(=O)O.COc1cc2cc(c1Cl)N(C)C(=O)CCC1O[C@H]1CC1C[C@](O)(C/C=C/C=C(\C)C2)NC(=O)O1. The minimum absolute atomic E-state index is 0.0633. The van der Waals surface area contributed by atoms with Crippen LogP contribution in [0.2, 0.25) is 5.02 Å². The van der Waals surface area contributed by atoms with E-state index in [0.717, 1.165) is 20.9 Å². The number of primary amides is 1. The van der Waals surface area contributed by atoms with Crippen molar-refractivity contribution >= 4 is 82.4 Å². The van der Waals surface area contributed by atoms with Gasteiger partial charge in [0.15, 0.2) is 0 Å². The number of allylic oxidation sites excluding steroid dienone is 3. The molecule has 4 bridgehead atoms. The summed E-state index contributed by atoms with van der Waals surface area (Å²) in [6, 6.07) is 4.99. The predicted octanol–water partition coefficient (Wildman–Crippen LogP) is 5.01. The first-order chi connectivity index (χ1) is 39.8. The topological polar surface area (TPSA) is 347 Å². The quantitative estimate of drug-likeness (QED) is 0.0490. The maximum atomic E-state index is 13.2. The van der Waals surface area contributed by atoms with E-state index in [1.165, 1.54) is 57.9 Å². The van der Waals surface area contributed by atoms with E-state index in [0.29, 0.717) is 61.4 Å². The summed E-state index contributed by atoms with van der Waals surface area (Å²) >= 11 is 6.54. The summed E-state index contributed by atoms with van der Waals surface area (Å²) in [5, 5.41) is 33.1. The molecule has 6 atom stereocenters. The molecule has 25 nitrogen and oxygen atoms in total. The highest BCUT2D eigenvalue weighted by molar-refractivity contribution is 6.35. The number of carbonyl (C=O) groups is 10. The number of halogens is 1. The van der Waals surface area contributed by atoms with Gasteiger partial charge >= 0.3 is 18.1 Å². The lowest BCUT2D eigenvalue weighted by molar-refractivity contribution is -0.141. The first-order valence-corrected chi connectivity index (χ1v) is 28.1. The summed E-state index contributed by atoms with van der Waals surface area (Å²) in [6.45, 7) is 7.58. The summed E-state index contributed by atoms with van der Waals surface area (Å²) < 4.78 is 21.8. The van der Waals surface area contributed by atoms with Crippen molar-refractivity contribution < 1.29 is 77.1 Å². The Balaban J connectivity index is 0.000000359. The van der Waals surface area contributed by atoms with Crippen molar-refractivity contribution in [2.45, 2.75) is 147 Å². The molecule has 2 saturated heterocycles. The second kappa shape index (κ2) is 33.3. The van der Waals surface area contributed by atoms with Crippen molar-refractivity contribution in [3.8, 4) is 11.5 Å². The minimum Gasteiger partial charge on any atom is -0.496 e. The van der Waals surface area contributed by atoms with Gasteiger partial charge in [-0.25, -0.2) is 14.4 Å². The van der Waals surface area contributed by atoms with E-state index in [1.54, 1.807) is 19.1 Å². The fraction of sp³-hybridized carbons (Fsp3) is 0.517. The molecule has 0 spiro atoms. The molecule has 0 saturated carbocycles. The van der Waals surface area contributed by atoms with Crippen molar-refractivity contribution in [2.75, 3.05) is 58.2 Å². The molecular weight excluding hydrogens is 1110 g/mol. The van der Waals surface area contributed by atoms with Crippen LogP contribution in [0.15, 0.2) is 66.3 Å². The summed E-state index contributed by atoms with van der Waals surface area (Å²) in [4.78, 5) is 125. The Kier molecular flexibility index (Phi) is 27.2. The van der Waals surface area contributed by atoms with Gasteiger partial charge in [0, 0.05) is 83.2 Å². The molecule has 6 rings (SSSR count). The predicted molar refractivity (Wildman–Crippen MR) is 311 cm³/mol. The Morgan fingerprint density at radius 3 is 2.30 bits per heavy atom. The third-order valence-electron chi connectivity index (χ3n) is 13.7. The number of anilines is 2. The normalized spacial score (nSPS) is 20.9. The zero-order chi connectivity index (χ0) is 62.3. The Hall–Kier alpha value is -8.03. The van der Waals surface area contributed by atoms with Crippen molar-refractivity contribution in [3.05, 3.63) is 82.4 Å². The smallest absolute Gasteiger partial charge is 0.409 e. The lowest BCUT2D eigenvalue weighted by atomic mass is 9.96. The number of alkyl carbamates (subject to hydrolysis) is 1. The number of fused-ring (bicyclic) bond motifs is 5. The van der Waals surface area contributed by atoms with Crippen LogP contribution < -0.4 is 46.7 Å². The van der Waals surface area contributed by atoms with Crippen LogP contribution in [-0.2, 0) is 49.5 Å². The Morgan fingerprint density at radius 2 is 1.64 bits per heavy atom. The number of ether oxygens (including phenoxy) is 4. The molecule has 10 amide bonds. The van der Waals surface area contributed by atoms with Gasteiger partial charge in [0.25, 0.3) is 17.7 Å². The number of nitrogens with one attached hydrogen (secondary N) is 5. The van der Waals surface area contributed by atoms with Crippen molar-refractivity contribution in [1.82, 2.24) is 31.1 Å². The third kappa shape index (κ3) is 21.6. The number of urea groups is 1. The second-order valence-electron chi connectivity index (χ2n) is 20.6. The van der Waals surface area contributed by atoms with Crippen LogP contribution in [0.3, 0.4) is 0 Å². The molecule has 2 aromatic rings. The minimum atomic E-state index is -1.37. The van der Waals surface area contributed by atoms with Gasteiger partial charge in [0.1, 0.15) is 40.4 Å². The number of aliphatic hydroxyl groups is 1. The number of rotatable bonds is 20. The molecule has 4 aliphatic rings.